The number of carboxylic acids is 1. The number of rotatable bonds is 4. The Labute approximate surface area is 107 Å². The van der Waals surface area contributed by atoms with Crippen molar-refractivity contribution in [2.24, 2.45) is 0 Å². The van der Waals surface area contributed by atoms with Gasteiger partial charge in [0.2, 0.25) is 0 Å². The third kappa shape index (κ3) is 4.27. The third-order valence-corrected chi connectivity index (χ3v) is 2.41. The van der Waals surface area contributed by atoms with Gasteiger partial charge < -0.3 is 10.4 Å². The summed E-state index contributed by atoms with van der Waals surface area (Å²) in [6.07, 6.45) is -4.94. The molecule has 7 heteroatoms. The van der Waals surface area contributed by atoms with Crippen LogP contribution < -0.4 is 5.32 Å². The lowest BCUT2D eigenvalue weighted by molar-refractivity contribution is -0.174. The molecule has 2 N–H and O–H groups in total. The Kier molecular flexibility index (Phi) is 4.52. The molecule has 104 valence electrons. The predicted molar refractivity (Wildman–Crippen MR) is 60.8 cm³/mol. The Balaban J connectivity index is 2.75. The Morgan fingerprint density at radius 3 is 2.42 bits per heavy atom. The normalized spacial score (nSPS) is 12.8. The molecule has 1 rings (SSSR count). The summed E-state index contributed by atoms with van der Waals surface area (Å²) in [5.74, 6) is -3.20. The molecular weight excluding hydrogens is 263 g/mol. The van der Waals surface area contributed by atoms with Crippen LogP contribution >= 0.6 is 0 Å². The van der Waals surface area contributed by atoms with E-state index in [1.807, 2.05) is 0 Å². The zero-order chi connectivity index (χ0) is 14.6. The first-order valence-corrected chi connectivity index (χ1v) is 5.40. The molecular formula is C12H12F3NO3. The number of halogens is 3. The highest BCUT2D eigenvalue weighted by molar-refractivity contribution is 5.89. The molecule has 0 spiro atoms. The number of aromatic carboxylic acids is 1. The van der Waals surface area contributed by atoms with Crippen molar-refractivity contribution in [3.05, 3.63) is 35.4 Å². The maximum Gasteiger partial charge on any atom is 0.471 e. The summed E-state index contributed by atoms with van der Waals surface area (Å²) < 4.78 is 36.1. The number of hydrogen-bond donors (Lipinski definition) is 2. The second-order valence-electron chi connectivity index (χ2n) is 4.04. The van der Waals surface area contributed by atoms with E-state index in [0.717, 1.165) is 0 Å². The molecule has 1 atom stereocenters. The summed E-state index contributed by atoms with van der Waals surface area (Å²) in [7, 11) is 0. The summed E-state index contributed by atoms with van der Waals surface area (Å²) in [5.41, 5.74) is 0.376. The van der Waals surface area contributed by atoms with E-state index in [-0.39, 0.29) is 12.0 Å². The van der Waals surface area contributed by atoms with E-state index < -0.39 is 24.1 Å². The maximum absolute atomic E-state index is 12.0. The van der Waals surface area contributed by atoms with Gasteiger partial charge in [0.25, 0.3) is 0 Å². The molecule has 0 aliphatic rings. The number of amides is 1. The fraction of sp³-hybridized carbons (Fsp3) is 0.333. The van der Waals surface area contributed by atoms with Crippen LogP contribution in [0.4, 0.5) is 13.2 Å². The molecule has 0 saturated carbocycles. The SMILES string of the molecule is CC(Cc1ccccc1C(=O)O)NC(=O)C(F)(F)F. The lowest BCUT2D eigenvalue weighted by Gasteiger charge is -2.16. The van der Waals surface area contributed by atoms with Gasteiger partial charge in [-0.25, -0.2) is 4.79 Å². The van der Waals surface area contributed by atoms with Crippen LogP contribution in [0.5, 0.6) is 0 Å². The van der Waals surface area contributed by atoms with Crippen LogP contribution in [-0.4, -0.2) is 29.2 Å². The van der Waals surface area contributed by atoms with Gasteiger partial charge in [-0.05, 0) is 25.0 Å². The van der Waals surface area contributed by atoms with Gasteiger partial charge in [-0.2, -0.15) is 13.2 Å². The first kappa shape index (κ1) is 15.0. The number of carboxylic acid groups (broad SMARTS) is 1. The minimum absolute atomic E-state index is 0.00426. The van der Waals surface area contributed by atoms with Gasteiger partial charge in [0.05, 0.1) is 5.56 Å². The molecule has 0 aliphatic carbocycles. The summed E-state index contributed by atoms with van der Waals surface area (Å²) in [4.78, 5) is 21.6. The van der Waals surface area contributed by atoms with Crippen LogP contribution in [0, 0.1) is 0 Å². The van der Waals surface area contributed by atoms with Gasteiger partial charge in [-0.15, -0.1) is 0 Å². The molecule has 1 unspecified atom stereocenters. The molecule has 1 aromatic rings. The van der Waals surface area contributed by atoms with Crippen LogP contribution in [0.3, 0.4) is 0 Å². The van der Waals surface area contributed by atoms with E-state index in [2.05, 4.69) is 0 Å². The smallest absolute Gasteiger partial charge is 0.471 e. The van der Waals surface area contributed by atoms with Crippen molar-refractivity contribution in [1.82, 2.24) is 5.32 Å². The second-order valence-corrected chi connectivity index (χ2v) is 4.04. The highest BCUT2D eigenvalue weighted by atomic mass is 19.4. The molecule has 1 amide bonds. The van der Waals surface area contributed by atoms with Gasteiger partial charge in [0, 0.05) is 6.04 Å². The number of nitrogens with one attached hydrogen (secondary N) is 1. The molecule has 0 bridgehead atoms. The topological polar surface area (TPSA) is 66.4 Å². The minimum Gasteiger partial charge on any atom is -0.478 e. The Morgan fingerprint density at radius 2 is 1.89 bits per heavy atom. The quantitative estimate of drug-likeness (QED) is 0.883. The molecule has 0 aliphatic heterocycles. The maximum atomic E-state index is 12.0. The number of alkyl halides is 3. The largest absolute Gasteiger partial charge is 0.478 e. The predicted octanol–water partition coefficient (Wildman–Crippen LogP) is 1.99. The molecule has 0 aromatic heterocycles. The molecule has 4 nitrogen and oxygen atoms in total. The minimum atomic E-state index is -4.94. The van der Waals surface area contributed by atoms with Crippen molar-refractivity contribution in [2.45, 2.75) is 25.6 Å². The first-order valence-electron chi connectivity index (χ1n) is 5.40. The summed E-state index contributed by atoms with van der Waals surface area (Å²) >= 11 is 0. The third-order valence-electron chi connectivity index (χ3n) is 2.41. The van der Waals surface area contributed by atoms with Gasteiger partial charge in [0.15, 0.2) is 0 Å². The van der Waals surface area contributed by atoms with Crippen molar-refractivity contribution >= 4 is 11.9 Å². The van der Waals surface area contributed by atoms with Crippen LogP contribution in [0.25, 0.3) is 0 Å². The van der Waals surface area contributed by atoms with Crippen molar-refractivity contribution in [2.75, 3.05) is 0 Å². The lowest BCUT2D eigenvalue weighted by atomic mass is 10.0. The zero-order valence-corrected chi connectivity index (χ0v) is 9.99. The highest BCUT2D eigenvalue weighted by Gasteiger charge is 2.39. The standard InChI is InChI=1S/C12H12F3NO3/c1-7(16-11(19)12(13,14)15)6-8-4-2-3-5-9(8)10(17)18/h2-5,7H,6H2,1H3,(H,16,19)(H,17,18). The van der Waals surface area contributed by atoms with E-state index in [4.69, 9.17) is 5.11 Å². The van der Waals surface area contributed by atoms with E-state index in [0.29, 0.717) is 5.56 Å². The van der Waals surface area contributed by atoms with Crippen molar-refractivity contribution < 1.29 is 27.9 Å². The van der Waals surface area contributed by atoms with Crippen LogP contribution in [0.2, 0.25) is 0 Å². The molecule has 19 heavy (non-hydrogen) atoms. The fourth-order valence-electron chi connectivity index (χ4n) is 1.59. The van der Waals surface area contributed by atoms with Crippen molar-refractivity contribution in [1.29, 1.82) is 0 Å². The van der Waals surface area contributed by atoms with E-state index in [1.165, 1.54) is 25.1 Å². The Hall–Kier alpha value is -2.05. The molecule has 0 fully saturated rings. The molecule has 1 aromatic carbocycles. The fourth-order valence-corrected chi connectivity index (χ4v) is 1.59. The van der Waals surface area contributed by atoms with E-state index >= 15 is 0 Å². The lowest BCUT2D eigenvalue weighted by Crippen LogP contribution is -2.42. The van der Waals surface area contributed by atoms with Gasteiger partial charge in [-0.1, -0.05) is 18.2 Å². The molecule has 0 radical (unpaired) electrons. The number of benzene rings is 1. The second kappa shape index (κ2) is 5.73. The molecule has 0 saturated heterocycles. The summed E-state index contributed by atoms with van der Waals surface area (Å²) in [6.45, 7) is 1.38. The van der Waals surface area contributed by atoms with Crippen LogP contribution in [0.1, 0.15) is 22.8 Å². The van der Waals surface area contributed by atoms with Gasteiger partial charge >= 0.3 is 18.1 Å². The monoisotopic (exact) mass is 275 g/mol. The average molecular weight is 275 g/mol. The number of carbonyl (C=O) groups excluding carboxylic acids is 1. The number of carbonyl (C=O) groups is 2. The Morgan fingerprint density at radius 1 is 1.32 bits per heavy atom. The summed E-state index contributed by atoms with van der Waals surface area (Å²) in [5, 5.41) is 10.7. The van der Waals surface area contributed by atoms with Crippen LogP contribution in [0.15, 0.2) is 24.3 Å². The number of hydrogen-bond acceptors (Lipinski definition) is 2. The highest BCUT2D eigenvalue weighted by Crippen LogP contribution is 2.16. The Bertz CT molecular complexity index is 485. The van der Waals surface area contributed by atoms with E-state index in [1.54, 1.807) is 11.4 Å². The zero-order valence-electron chi connectivity index (χ0n) is 9.99. The van der Waals surface area contributed by atoms with Crippen molar-refractivity contribution in [3.63, 3.8) is 0 Å². The van der Waals surface area contributed by atoms with Crippen molar-refractivity contribution in [3.8, 4) is 0 Å². The van der Waals surface area contributed by atoms with Gasteiger partial charge in [-0.3, -0.25) is 4.79 Å². The first-order chi connectivity index (χ1) is 8.71. The molecule has 0 heterocycles. The van der Waals surface area contributed by atoms with Crippen LogP contribution in [-0.2, 0) is 11.2 Å². The van der Waals surface area contributed by atoms with Gasteiger partial charge in [0.1, 0.15) is 0 Å². The average Bonchev–Trinajstić information content (AvgIpc) is 2.27. The van der Waals surface area contributed by atoms with E-state index in [9.17, 15) is 22.8 Å². The summed E-state index contributed by atoms with van der Waals surface area (Å²) in [6, 6.07) is 5.14.